The largest absolute Gasteiger partial charge is 0.435 e. The highest BCUT2D eigenvalue weighted by Gasteiger charge is 2.06. The zero-order valence-electron chi connectivity index (χ0n) is 18.6. The molecule has 0 unspecified atom stereocenters. The van der Waals surface area contributed by atoms with E-state index in [4.69, 9.17) is 0 Å². The van der Waals surface area contributed by atoms with Crippen molar-refractivity contribution in [1.29, 1.82) is 0 Å². The van der Waals surface area contributed by atoms with Crippen LogP contribution >= 0.6 is 0 Å². The fourth-order valence-corrected chi connectivity index (χ4v) is 5.69. The first-order valence-electron chi connectivity index (χ1n) is 12.5. The van der Waals surface area contributed by atoms with Crippen LogP contribution in [0.3, 0.4) is 0 Å². The van der Waals surface area contributed by atoms with E-state index in [-0.39, 0.29) is 0 Å². The average molecular weight is 385 g/mol. The van der Waals surface area contributed by atoms with Crippen LogP contribution in [0.5, 0.6) is 0 Å². The Kier molecular flexibility index (Phi) is 23.4. The summed E-state index contributed by atoms with van der Waals surface area (Å²) in [4.78, 5) is 10.2. The van der Waals surface area contributed by atoms with E-state index < -0.39 is 9.04 Å². The monoisotopic (exact) mass is 384 g/mol. The van der Waals surface area contributed by atoms with E-state index in [1.807, 2.05) is 0 Å². The molecule has 0 saturated carbocycles. The summed E-state index contributed by atoms with van der Waals surface area (Å²) in [5.74, 6) is 0. The minimum Gasteiger partial charge on any atom is -0.435 e. The topological polar surface area (TPSA) is 20.2 Å². The molecular formula is C24H52OSi. The van der Waals surface area contributed by atoms with Crippen LogP contribution < -0.4 is 0 Å². The minimum atomic E-state index is -1.36. The molecule has 0 heterocycles. The summed E-state index contributed by atoms with van der Waals surface area (Å²) in [6.07, 6.45) is 28.0. The van der Waals surface area contributed by atoms with Gasteiger partial charge >= 0.3 is 0 Å². The van der Waals surface area contributed by atoms with E-state index in [2.05, 4.69) is 13.8 Å². The molecule has 0 saturated heterocycles. The summed E-state index contributed by atoms with van der Waals surface area (Å²) in [6, 6.07) is 2.35. The van der Waals surface area contributed by atoms with Crippen LogP contribution in [-0.2, 0) is 0 Å². The molecule has 0 radical (unpaired) electrons. The van der Waals surface area contributed by atoms with Gasteiger partial charge in [-0.3, -0.25) is 0 Å². The first kappa shape index (κ1) is 26.2. The van der Waals surface area contributed by atoms with Crippen LogP contribution in [0.2, 0.25) is 12.1 Å². The summed E-state index contributed by atoms with van der Waals surface area (Å²) in [6.45, 7) is 4.57. The molecule has 158 valence electrons. The van der Waals surface area contributed by atoms with Gasteiger partial charge in [0.15, 0.2) is 9.04 Å². The lowest BCUT2D eigenvalue weighted by atomic mass is 10.1. The highest BCUT2D eigenvalue weighted by atomic mass is 28.3. The fraction of sp³-hybridized carbons (Fsp3) is 1.00. The Morgan fingerprint density at radius 1 is 0.385 bits per heavy atom. The van der Waals surface area contributed by atoms with E-state index >= 15 is 0 Å². The Labute approximate surface area is 168 Å². The Morgan fingerprint density at radius 3 is 0.885 bits per heavy atom. The van der Waals surface area contributed by atoms with Gasteiger partial charge in [0.2, 0.25) is 0 Å². The Morgan fingerprint density at radius 2 is 0.615 bits per heavy atom. The van der Waals surface area contributed by atoms with Crippen LogP contribution in [0.25, 0.3) is 0 Å². The van der Waals surface area contributed by atoms with Crippen molar-refractivity contribution >= 4 is 9.04 Å². The first-order chi connectivity index (χ1) is 12.8. The number of unbranched alkanes of at least 4 members (excludes halogenated alkanes) is 18. The molecule has 0 aromatic heterocycles. The summed E-state index contributed by atoms with van der Waals surface area (Å²) >= 11 is 0. The maximum atomic E-state index is 10.2. The van der Waals surface area contributed by atoms with Crippen LogP contribution in [0, 0.1) is 0 Å². The number of hydrogen-bond acceptors (Lipinski definition) is 1. The highest BCUT2D eigenvalue weighted by Crippen LogP contribution is 2.15. The quantitative estimate of drug-likeness (QED) is 0.146. The molecule has 0 rings (SSSR count). The SMILES string of the molecule is CCCCCCCCCCCC[SiH](O)CCCCCCCCCCCC. The maximum Gasteiger partial charge on any atom is 0.172 e. The third-order valence-electron chi connectivity index (χ3n) is 5.78. The van der Waals surface area contributed by atoms with Gasteiger partial charge in [-0.25, -0.2) is 0 Å². The molecule has 1 nitrogen and oxygen atoms in total. The van der Waals surface area contributed by atoms with Crippen molar-refractivity contribution in [3.05, 3.63) is 0 Å². The van der Waals surface area contributed by atoms with E-state index in [9.17, 15) is 4.80 Å². The van der Waals surface area contributed by atoms with Crippen molar-refractivity contribution in [2.45, 2.75) is 154 Å². The molecule has 1 N–H and O–H groups in total. The van der Waals surface area contributed by atoms with Crippen molar-refractivity contribution < 1.29 is 4.80 Å². The molecule has 0 fully saturated rings. The van der Waals surface area contributed by atoms with Gasteiger partial charge in [-0.2, -0.15) is 0 Å². The molecule has 0 aromatic rings. The minimum absolute atomic E-state index is 1.17. The standard InChI is InChI=1S/C24H52OSi/c1-3-5-7-9-11-13-15-17-19-21-23-26(25)24-22-20-18-16-14-12-10-8-6-4-2/h25-26H,3-24H2,1-2H3. The predicted molar refractivity (Wildman–Crippen MR) is 123 cm³/mol. The fourth-order valence-electron chi connectivity index (χ4n) is 3.88. The predicted octanol–water partition coefficient (Wildman–Crippen LogP) is 8.54. The average Bonchev–Trinajstić information content (AvgIpc) is 2.64. The highest BCUT2D eigenvalue weighted by molar-refractivity contribution is 6.50. The molecule has 0 spiro atoms. The van der Waals surface area contributed by atoms with Gasteiger partial charge in [0, 0.05) is 0 Å². The smallest absolute Gasteiger partial charge is 0.172 e. The molecule has 0 aromatic carbocycles. The molecule has 0 aliphatic rings. The maximum absolute atomic E-state index is 10.2. The van der Waals surface area contributed by atoms with Crippen molar-refractivity contribution in [1.82, 2.24) is 0 Å². The molecule has 0 amide bonds. The van der Waals surface area contributed by atoms with Crippen LogP contribution in [0.4, 0.5) is 0 Å². The van der Waals surface area contributed by atoms with E-state index in [1.54, 1.807) is 0 Å². The van der Waals surface area contributed by atoms with Crippen molar-refractivity contribution in [3.63, 3.8) is 0 Å². The molecule has 0 aliphatic heterocycles. The second-order valence-corrected chi connectivity index (χ2v) is 11.1. The van der Waals surface area contributed by atoms with E-state index in [1.165, 1.54) is 141 Å². The molecule has 0 atom stereocenters. The van der Waals surface area contributed by atoms with Gasteiger partial charge in [0.1, 0.15) is 0 Å². The Bertz CT molecular complexity index is 220. The van der Waals surface area contributed by atoms with Crippen molar-refractivity contribution in [3.8, 4) is 0 Å². The van der Waals surface area contributed by atoms with Gasteiger partial charge in [-0.05, 0) is 12.1 Å². The van der Waals surface area contributed by atoms with Gasteiger partial charge in [0.25, 0.3) is 0 Å². The lowest BCUT2D eigenvalue weighted by Gasteiger charge is -2.08. The van der Waals surface area contributed by atoms with Gasteiger partial charge in [-0.1, -0.05) is 142 Å². The van der Waals surface area contributed by atoms with Gasteiger partial charge in [-0.15, -0.1) is 0 Å². The van der Waals surface area contributed by atoms with Crippen LogP contribution in [0.1, 0.15) is 142 Å². The second kappa shape index (κ2) is 23.2. The third-order valence-corrected chi connectivity index (χ3v) is 7.93. The van der Waals surface area contributed by atoms with Crippen LogP contribution in [-0.4, -0.2) is 13.8 Å². The molecule has 2 heteroatoms. The van der Waals surface area contributed by atoms with E-state index in [0.29, 0.717) is 0 Å². The number of rotatable bonds is 22. The lowest BCUT2D eigenvalue weighted by Crippen LogP contribution is -2.10. The summed E-state index contributed by atoms with van der Waals surface area (Å²) in [5.41, 5.74) is 0. The zero-order chi connectivity index (χ0) is 19.1. The summed E-state index contributed by atoms with van der Waals surface area (Å²) < 4.78 is 0. The lowest BCUT2D eigenvalue weighted by molar-refractivity contribution is 0.531. The van der Waals surface area contributed by atoms with Gasteiger partial charge < -0.3 is 4.80 Å². The third kappa shape index (κ3) is 22.2. The zero-order valence-corrected chi connectivity index (χ0v) is 19.7. The normalized spacial score (nSPS) is 11.5. The molecule has 26 heavy (non-hydrogen) atoms. The second-order valence-electron chi connectivity index (χ2n) is 8.60. The first-order valence-corrected chi connectivity index (χ1v) is 14.6. The molecule has 0 aliphatic carbocycles. The van der Waals surface area contributed by atoms with Crippen LogP contribution in [0.15, 0.2) is 0 Å². The van der Waals surface area contributed by atoms with Gasteiger partial charge in [0.05, 0.1) is 0 Å². The summed E-state index contributed by atoms with van der Waals surface area (Å²) in [7, 11) is -1.36. The van der Waals surface area contributed by atoms with Crippen molar-refractivity contribution in [2.75, 3.05) is 0 Å². The summed E-state index contributed by atoms with van der Waals surface area (Å²) in [5, 5.41) is 0. The van der Waals surface area contributed by atoms with Crippen molar-refractivity contribution in [2.24, 2.45) is 0 Å². The molecular weight excluding hydrogens is 332 g/mol. The number of hydrogen-bond donors (Lipinski definition) is 1. The molecule has 0 bridgehead atoms. The van der Waals surface area contributed by atoms with E-state index in [0.717, 1.165) is 0 Å². The Hall–Kier alpha value is 0.177. The Balaban J connectivity index is 3.12.